The van der Waals surface area contributed by atoms with Gasteiger partial charge in [0.1, 0.15) is 0 Å². The Morgan fingerprint density at radius 2 is 1.47 bits per heavy atom. The highest BCUT2D eigenvalue weighted by atomic mass is 16.5. The zero-order valence-corrected chi connectivity index (χ0v) is 11.6. The standard InChI is InChI=1S/C13H29NO/c1-10(8-14)13(6,7)15-9-11(2)12(3,4)5/h10-11H,8-9,14H2,1-7H3. The Kier molecular flexibility index (Phi) is 5.28. The first-order valence-electron chi connectivity index (χ1n) is 5.95. The summed E-state index contributed by atoms with van der Waals surface area (Å²) < 4.78 is 5.99. The summed E-state index contributed by atoms with van der Waals surface area (Å²) in [6.07, 6.45) is 0. The first-order valence-corrected chi connectivity index (χ1v) is 5.95. The van der Waals surface area contributed by atoms with Crippen molar-refractivity contribution in [2.75, 3.05) is 13.2 Å². The number of hydrogen-bond donors (Lipinski definition) is 1. The summed E-state index contributed by atoms with van der Waals surface area (Å²) in [7, 11) is 0. The van der Waals surface area contributed by atoms with Gasteiger partial charge < -0.3 is 10.5 Å². The predicted molar refractivity (Wildman–Crippen MR) is 66.9 cm³/mol. The summed E-state index contributed by atoms with van der Waals surface area (Å²) in [6.45, 7) is 16.9. The van der Waals surface area contributed by atoms with E-state index in [2.05, 4.69) is 48.5 Å². The van der Waals surface area contributed by atoms with E-state index < -0.39 is 0 Å². The minimum Gasteiger partial charge on any atom is -0.375 e. The van der Waals surface area contributed by atoms with E-state index in [4.69, 9.17) is 10.5 Å². The van der Waals surface area contributed by atoms with E-state index in [1.807, 2.05) is 0 Å². The van der Waals surface area contributed by atoms with Crippen LogP contribution in [0.25, 0.3) is 0 Å². The van der Waals surface area contributed by atoms with Crippen LogP contribution in [0.4, 0.5) is 0 Å². The summed E-state index contributed by atoms with van der Waals surface area (Å²) >= 11 is 0. The molecule has 0 aliphatic rings. The van der Waals surface area contributed by atoms with Gasteiger partial charge in [0.2, 0.25) is 0 Å². The van der Waals surface area contributed by atoms with E-state index >= 15 is 0 Å². The third-order valence-corrected chi connectivity index (χ3v) is 3.72. The lowest BCUT2D eigenvalue weighted by molar-refractivity contribution is -0.0775. The van der Waals surface area contributed by atoms with Gasteiger partial charge in [0.15, 0.2) is 0 Å². The second-order valence-electron chi connectivity index (χ2n) is 6.32. The Morgan fingerprint density at radius 3 is 1.80 bits per heavy atom. The molecule has 0 aromatic heterocycles. The topological polar surface area (TPSA) is 35.2 Å². The highest BCUT2D eigenvalue weighted by Gasteiger charge is 2.28. The summed E-state index contributed by atoms with van der Waals surface area (Å²) in [6, 6.07) is 0. The molecule has 0 radical (unpaired) electrons. The van der Waals surface area contributed by atoms with Crippen LogP contribution in [0.3, 0.4) is 0 Å². The summed E-state index contributed by atoms with van der Waals surface area (Å²) in [5, 5.41) is 0. The van der Waals surface area contributed by atoms with Gasteiger partial charge in [-0.2, -0.15) is 0 Å². The minimum absolute atomic E-state index is 0.117. The van der Waals surface area contributed by atoms with Gasteiger partial charge in [-0.1, -0.05) is 34.6 Å². The molecule has 15 heavy (non-hydrogen) atoms. The Bertz CT molecular complexity index is 181. The average Bonchev–Trinajstić information content (AvgIpc) is 2.11. The molecule has 0 aliphatic carbocycles. The molecule has 0 saturated heterocycles. The third-order valence-electron chi connectivity index (χ3n) is 3.72. The Balaban J connectivity index is 4.15. The molecule has 2 unspecified atom stereocenters. The van der Waals surface area contributed by atoms with E-state index in [0.717, 1.165) is 6.61 Å². The van der Waals surface area contributed by atoms with Gasteiger partial charge >= 0.3 is 0 Å². The Labute approximate surface area is 95.6 Å². The molecule has 92 valence electrons. The van der Waals surface area contributed by atoms with Gasteiger partial charge in [0.05, 0.1) is 12.2 Å². The molecule has 0 fully saturated rings. The number of rotatable bonds is 5. The molecule has 0 aromatic rings. The maximum Gasteiger partial charge on any atom is 0.0664 e. The molecule has 2 nitrogen and oxygen atoms in total. The lowest BCUT2D eigenvalue weighted by Gasteiger charge is -2.35. The monoisotopic (exact) mass is 215 g/mol. The van der Waals surface area contributed by atoms with Gasteiger partial charge in [-0.3, -0.25) is 0 Å². The van der Waals surface area contributed by atoms with Crippen LogP contribution in [-0.2, 0) is 4.74 Å². The second-order valence-corrected chi connectivity index (χ2v) is 6.32. The first kappa shape index (κ1) is 14.9. The van der Waals surface area contributed by atoms with Crippen LogP contribution in [0.1, 0.15) is 48.5 Å². The van der Waals surface area contributed by atoms with Crippen LogP contribution in [0.2, 0.25) is 0 Å². The molecule has 2 atom stereocenters. The molecule has 0 aromatic carbocycles. The van der Waals surface area contributed by atoms with Crippen LogP contribution >= 0.6 is 0 Å². The van der Waals surface area contributed by atoms with E-state index in [9.17, 15) is 0 Å². The van der Waals surface area contributed by atoms with Gasteiger partial charge in [-0.25, -0.2) is 0 Å². The molecule has 0 amide bonds. The van der Waals surface area contributed by atoms with Crippen molar-refractivity contribution in [3.05, 3.63) is 0 Å². The molecule has 0 spiro atoms. The molecular formula is C13H29NO. The second kappa shape index (κ2) is 5.31. The van der Waals surface area contributed by atoms with Gasteiger partial charge in [-0.15, -0.1) is 0 Å². The minimum atomic E-state index is -0.117. The summed E-state index contributed by atoms with van der Waals surface area (Å²) in [4.78, 5) is 0. The zero-order chi connectivity index (χ0) is 12.3. The van der Waals surface area contributed by atoms with Crippen molar-refractivity contribution in [1.29, 1.82) is 0 Å². The van der Waals surface area contributed by atoms with Crippen molar-refractivity contribution in [3.8, 4) is 0 Å². The van der Waals surface area contributed by atoms with E-state index in [1.165, 1.54) is 0 Å². The SMILES string of the molecule is CC(COC(C)(C)C(C)CN)C(C)(C)C. The molecule has 2 heteroatoms. The number of nitrogens with two attached hydrogens (primary N) is 1. The summed E-state index contributed by atoms with van der Waals surface area (Å²) in [5.41, 5.74) is 5.86. The molecule has 0 saturated carbocycles. The largest absolute Gasteiger partial charge is 0.375 e. The normalized spacial score (nSPS) is 17.6. The van der Waals surface area contributed by atoms with Crippen molar-refractivity contribution in [1.82, 2.24) is 0 Å². The van der Waals surface area contributed by atoms with E-state index in [1.54, 1.807) is 0 Å². The first-order chi connectivity index (χ1) is 6.61. The van der Waals surface area contributed by atoms with Crippen LogP contribution in [-0.4, -0.2) is 18.8 Å². The fourth-order valence-corrected chi connectivity index (χ4v) is 1.02. The van der Waals surface area contributed by atoms with Crippen molar-refractivity contribution >= 4 is 0 Å². The Morgan fingerprint density at radius 1 is 1.00 bits per heavy atom. The van der Waals surface area contributed by atoms with Crippen LogP contribution in [0.5, 0.6) is 0 Å². The number of ether oxygens (including phenoxy) is 1. The van der Waals surface area contributed by atoms with Crippen molar-refractivity contribution in [3.63, 3.8) is 0 Å². The van der Waals surface area contributed by atoms with Crippen LogP contribution < -0.4 is 5.73 Å². The van der Waals surface area contributed by atoms with Crippen LogP contribution in [0.15, 0.2) is 0 Å². The zero-order valence-electron chi connectivity index (χ0n) is 11.6. The summed E-state index contributed by atoms with van der Waals surface area (Å²) in [5.74, 6) is 0.950. The van der Waals surface area contributed by atoms with E-state index in [0.29, 0.717) is 23.8 Å². The fourth-order valence-electron chi connectivity index (χ4n) is 1.02. The number of hydrogen-bond acceptors (Lipinski definition) is 2. The van der Waals surface area contributed by atoms with Crippen LogP contribution in [0, 0.1) is 17.3 Å². The van der Waals surface area contributed by atoms with E-state index in [-0.39, 0.29) is 5.60 Å². The van der Waals surface area contributed by atoms with Gasteiger partial charge in [0, 0.05) is 0 Å². The van der Waals surface area contributed by atoms with Gasteiger partial charge in [0.25, 0.3) is 0 Å². The predicted octanol–water partition coefficient (Wildman–Crippen LogP) is 3.06. The molecule has 0 heterocycles. The molecular weight excluding hydrogens is 186 g/mol. The highest BCUT2D eigenvalue weighted by molar-refractivity contribution is 4.78. The third kappa shape index (κ3) is 4.98. The maximum atomic E-state index is 5.99. The fraction of sp³-hybridized carbons (Fsp3) is 1.00. The molecule has 0 bridgehead atoms. The average molecular weight is 215 g/mol. The highest BCUT2D eigenvalue weighted by Crippen LogP contribution is 2.28. The Hall–Kier alpha value is -0.0800. The molecule has 2 N–H and O–H groups in total. The lowest BCUT2D eigenvalue weighted by atomic mass is 9.82. The van der Waals surface area contributed by atoms with Crippen molar-refractivity contribution in [2.45, 2.75) is 54.1 Å². The smallest absolute Gasteiger partial charge is 0.0664 e. The lowest BCUT2D eigenvalue weighted by Crippen LogP contribution is -2.39. The quantitative estimate of drug-likeness (QED) is 0.765. The van der Waals surface area contributed by atoms with Crippen molar-refractivity contribution in [2.24, 2.45) is 23.0 Å². The molecule has 0 aliphatic heterocycles. The van der Waals surface area contributed by atoms with Crippen molar-refractivity contribution < 1.29 is 4.74 Å². The van der Waals surface area contributed by atoms with Gasteiger partial charge in [-0.05, 0) is 37.6 Å². The maximum absolute atomic E-state index is 5.99. The molecule has 0 rings (SSSR count).